The standard InChI is InChI=1S/C24H50NO7P/c1-5-6-7-8-9-10-11-12-13-14-15-16-17-18-24(27)30-21-23(26)22-32-33(28,29)31-20-19-25(2,3)4/h23,26H,5-22H2,1-4H3/p+1/t23-/m0/s1. The summed E-state index contributed by atoms with van der Waals surface area (Å²) in [7, 11) is 1.57. The predicted octanol–water partition coefficient (Wildman–Crippen LogP) is 5.21. The highest BCUT2D eigenvalue weighted by Gasteiger charge is 2.24. The van der Waals surface area contributed by atoms with Crippen molar-refractivity contribution in [1.29, 1.82) is 0 Å². The second kappa shape index (κ2) is 19.8. The van der Waals surface area contributed by atoms with Gasteiger partial charge < -0.3 is 19.2 Å². The van der Waals surface area contributed by atoms with E-state index < -0.39 is 20.5 Å². The number of carbonyl (C=O) groups is 1. The zero-order chi connectivity index (χ0) is 25.0. The molecule has 0 aliphatic heterocycles. The maximum Gasteiger partial charge on any atom is 0.472 e. The van der Waals surface area contributed by atoms with Crippen molar-refractivity contribution in [3.8, 4) is 0 Å². The van der Waals surface area contributed by atoms with E-state index in [0.717, 1.165) is 19.3 Å². The van der Waals surface area contributed by atoms with E-state index in [9.17, 15) is 19.4 Å². The molecule has 1 unspecified atom stereocenters. The minimum absolute atomic E-state index is 0.0570. The molecule has 8 nitrogen and oxygen atoms in total. The number of nitrogens with zero attached hydrogens (tertiary/aromatic N) is 1. The topological polar surface area (TPSA) is 102 Å². The quantitative estimate of drug-likeness (QED) is 0.0866. The normalized spacial score (nSPS) is 14.7. The van der Waals surface area contributed by atoms with Crippen LogP contribution in [0.2, 0.25) is 0 Å². The molecule has 0 heterocycles. The molecule has 2 atom stereocenters. The summed E-state index contributed by atoms with van der Waals surface area (Å²) in [6.45, 7) is 2.13. The van der Waals surface area contributed by atoms with Crippen LogP contribution in [0.25, 0.3) is 0 Å². The van der Waals surface area contributed by atoms with Crippen LogP contribution in [-0.4, -0.2) is 74.1 Å². The summed E-state index contributed by atoms with van der Waals surface area (Å²) in [4.78, 5) is 21.4. The maximum atomic E-state index is 11.8. The third-order valence-corrected chi connectivity index (χ3v) is 6.35. The smallest absolute Gasteiger partial charge is 0.463 e. The number of hydrogen-bond acceptors (Lipinski definition) is 6. The van der Waals surface area contributed by atoms with Crippen molar-refractivity contribution >= 4 is 13.8 Å². The summed E-state index contributed by atoms with van der Waals surface area (Å²) in [5, 5.41) is 9.81. The van der Waals surface area contributed by atoms with E-state index >= 15 is 0 Å². The summed E-state index contributed by atoms with van der Waals surface area (Å²) in [5.41, 5.74) is 0. The molecule has 0 bridgehead atoms. The zero-order valence-corrected chi connectivity index (χ0v) is 22.5. The Balaban J connectivity index is 3.57. The van der Waals surface area contributed by atoms with Gasteiger partial charge in [-0.3, -0.25) is 13.8 Å². The Morgan fingerprint density at radius 2 is 1.30 bits per heavy atom. The second-order valence-corrected chi connectivity index (χ2v) is 11.4. The monoisotopic (exact) mass is 496 g/mol. The summed E-state index contributed by atoms with van der Waals surface area (Å²) in [6.07, 6.45) is 15.3. The Hall–Kier alpha value is -0.500. The molecule has 0 aromatic heterocycles. The molecule has 0 aliphatic carbocycles. The Morgan fingerprint density at radius 1 is 0.818 bits per heavy atom. The van der Waals surface area contributed by atoms with Gasteiger partial charge >= 0.3 is 13.8 Å². The average Bonchev–Trinajstić information content (AvgIpc) is 2.73. The Morgan fingerprint density at radius 3 is 1.79 bits per heavy atom. The third kappa shape index (κ3) is 24.4. The molecular formula is C24H51NO7P+. The predicted molar refractivity (Wildman–Crippen MR) is 132 cm³/mol. The lowest BCUT2D eigenvalue weighted by Crippen LogP contribution is -2.37. The molecule has 0 saturated heterocycles. The molecular weight excluding hydrogens is 445 g/mol. The molecule has 0 fully saturated rings. The van der Waals surface area contributed by atoms with Crippen LogP contribution in [0.15, 0.2) is 0 Å². The largest absolute Gasteiger partial charge is 0.472 e. The van der Waals surface area contributed by atoms with Crippen LogP contribution in [0.1, 0.15) is 96.8 Å². The van der Waals surface area contributed by atoms with Crippen LogP contribution in [0.4, 0.5) is 0 Å². The van der Waals surface area contributed by atoms with Crippen LogP contribution >= 0.6 is 7.82 Å². The highest BCUT2D eigenvalue weighted by Crippen LogP contribution is 2.43. The molecule has 198 valence electrons. The van der Waals surface area contributed by atoms with Crippen molar-refractivity contribution in [3.63, 3.8) is 0 Å². The van der Waals surface area contributed by atoms with Crippen LogP contribution in [-0.2, 0) is 23.1 Å². The summed E-state index contributed by atoms with van der Waals surface area (Å²) in [6, 6.07) is 0. The lowest BCUT2D eigenvalue weighted by Gasteiger charge is -2.24. The van der Waals surface area contributed by atoms with Crippen molar-refractivity contribution in [2.75, 3.05) is 47.5 Å². The van der Waals surface area contributed by atoms with Crippen molar-refractivity contribution in [1.82, 2.24) is 0 Å². The number of esters is 1. The number of ether oxygens (including phenoxy) is 1. The van der Waals surface area contributed by atoms with E-state index in [1.165, 1.54) is 64.2 Å². The minimum Gasteiger partial charge on any atom is -0.463 e. The van der Waals surface area contributed by atoms with Gasteiger partial charge in [-0.2, -0.15) is 0 Å². The van der Waals surface area contributed by atoms with E-state index in [-0.39, 0.29) is 19.2 Å². The lowest BCUT2D eigenvalue weighted by atomic mass is 10.0. The van der Waals surface area contributed by atoms with Crippen LogP contribution in [0.5, 0.6) is 0 Å². The SMILES string of the molecule is CCCCCCCCCCCCCCCC(=O)OC[C@H](O)COP(=O)(O)OCC[N+](C)(C)C. The number of hydrogen-bond donors (Lipinski definition) is 2. The Bertz CT molecular complexity index is 525. The molecule has 0 radical (unpaired) electrons. The number of rotatable bonds is 23. The van der Waals surface area contributed by atoms with Gasteiger partial charge in [-0.25, -0.2) is 4.57 Å². The van der Waals surface area contributed by atoms with Gasteiger partial charge in [0.15, 0.2) is 0 Å². The first-order valence-corrected chi connectivity index (χ1v) is 14.3. The minimum atomic E-state index is -4.23. The maximum absolute atomic E-state index is 11.8. The number of unbranched alkanes of at least 4 members (excludes halogenated alkanes) is 12. The van der Waals surface area contributed by atoms with Crippen molar-refractivity contribution in [2.45, 2.75) is 103 Å². The first-order chi connectivity index (χ1) is 15.6. The second-order valence-electron chi connectivity index (χ2n) is 9.94. The van der Waals surface area contributed by atoms with E-state index in [2.05, 4.69) is 6.92 Å². The number of likely N-dealkylation sites (N-methyl/N-ethyl adjacent to an activating group) is 1. The van der Waals surface area contributed by atoms with Gasteiger partial charge in [0.1, 0.15) is 25.9 Å². The van der Waals surface area contributed by atoms with Crippen LogP contribution < -0.4 is 0 Å². The molecule has 0 saturated carbocycles. The van der Waals surface area contributed by atoms with Gasteiger partial charge in [0.25, 0.3) is 0 Å². The Kier molecular flexibility index (Phi) is 19.5. The molecule has 33 heavy (non-hydrogen) atoms. The fourth-order valence-electron chi connectivity index (χ4n) is 3.24. The fourth-order valence-corrected chi connectivity index (χ4v) is 3.99. The molecule has 9 heteroatoms. The fraction of sp³-hybridized carbons (Fsp3) is 0.958. The first kappa shape index (κ1) is 32.5. The third-order valence-electron chi connectivity index (χ3n) is 5.37. The Labute approximate surface area is 202 Å². The van der Waals surface area contributed by atoms with Crippen molar-refractivity contribution in [3.05, 3.63) is 0 Å². The molecule has 0 rings (SSSR count). The highest BCUT2D eigenvalue weighted by molar-refractivity contribution is 7.47. The molecule has 2 N–H and O–H groups in total. The summed E-state index contributed by atoms with van der Waals surface area (Å²) >= 11 is 0. The van der Waals surface area contributed by atoms with Crippen LogP contribution in [0, 0.1) is 0 Å². The van der Waals surface area contributed by atoms with E-state index in [1.54, 1.807) is 0 Å². The molecule has 0 spiro atoms. The van der Waals surface area contributed by atoms with Gasteiger partial charge in [0.05, 0.1) is 27.7 Å². The van der Waals surface area contributed by atoms with E-state index in [4.69, 9.17) is 13.8 Å². The van der Waals surface area contributed by atoms with E-state index in [1.807, 2.05) is 21.1 Å². The van der Waals surface area contributed by atoms with Gasteiger partial charge in [0, 0.05) is 6.42 Å². The summed E-state index contributed by atoms with van der Waals surface area (Å²) < 4.78 is 27.0. The average molecular weight is 497 g/mol. The van der Waals surface area contributed by atoms with Gasteiger partial charge in [-0.1, -0.05) is 84.0 Å². The van der Waals surface area contributed by atoms with Crippen LogP contribution in [0.3, 0.4) is 0 Å². The number of phosphoric acid groups is 1. The highest BCUT2D eigenvalue weighted by atomic mass is 31.2. The van der Waals surface area contributed by atoms with Gasteiger partial charge in [-0.15, -0.1) is 0 Å². The number of phosphoric ester groups is 1. The van der Waals surface area contributed by atoms with Gasteiger partial charge in [-0.05, 0) is 6.42 Å². The number of aliphatic hydroxyl groups excluding tert-OH is 1. The van der Waals surface area contributed by atoms with Crippen molar-refractivity contribution in [2.24, 2.45) is 0 Å². The lowest BCUT2D eigenvalue weighted by molar-refractivity contribution is -0.870. The number of carbonyl (C=O) groups excluding carboxylic acids is 1. The molecule has 0 aromatic carbocycles. The van der Waals surface area contributed by atoms with E-state index in [0.29, 0.717) is 17.4 Å². The number of aliphatic hydroxyl groups is 1. The number of quaternary nitrogens is 1. The molecule has 0 amide bonds. The first-order valence-electron chi connectivity index (χ1n) is 12.8. The van der Waals surface area contributed by atoms with Gasteiger partial charge in [0.2, 0.25) is 0 Å². The van der Waals surface area contributed by atoms with Crippen molar-refractivity contribution < 1.29 is 37.6 Å². The molecule has 0 aromatic rings. The summed E-state index contributed by atoms with van der Waals surface area (Å²) in [5.74, 6) is -0.372. The zero-order valence-electron chi connectivity index (χ0n) is 21.6. The molecule has 0 aliphatic rings.